The fourth-order valence-corrected chi connectivity index (χ4v) is 1.50. The lowest BCUT2D eigenvalue weighted by Gasteiger charge is -2.14. The van der Waals surface area contributed by atoms with Crippen molar-refractivity contribution < 1.29 is 9.90 Å². The Bertz CT molecular complexity index is 358. The number of hydrogen-bond acceptors (Lipinski definition) is 1. The molecule has 1 aromatic carbocycles. The standard InChI is InChI=1S/C9H9BrClNO2/c1-5-3-6(12(2)9(13)14)4-7(11)8(5)10/h3-4H,1-2H3,(H,13,14). The van der Waals surface area contributed by atoms with Crippen molar-refractivity contribution in [2.75, 3.05) is 11.9 Å². The van der Waals surface area contributed by atoms with Crippen molar-refractivity contribution in [3.05, 3.63) is 27.2 Å². The van der Waals surface area contributed by atoms with Crippen LogP contribution < -0.4 is 4.90 Å². The van der Waals surface area contributed by atoms with Gasteiger partial charge in [0.2, 0.25) is 0 Å². The normalized spacial score (nSPS) is 10.0. The number of aryl methyl sites for hydroxylation is 1. The van der Waals surface area contributed by atoms with Gasteiger partial charge in [-0.15, -0.1) is 0 Å². The number of amides is 1. The van der Waals surface area contributed by atoms with Crippen molar-refractivity contribution >= 4 is 39.3 Å². The number of anilines is 1. The number of rotatable bonds is 1. The maximum Gasteiger partial charge on any atom is 0.411 e. The van der Waals surface area contributed by atoms with Crippen molar-refractivity contribution in [2.45, 2.75) is 6.92 Å². The highest BCUT2D eigenvalue weighted by Gasteiger charge is 2.11. The summed E-state index contributed by atoms with van der Waals surface area (Å²) in [6, 6.07) is 3.36. The molecule has 0 radical (unpaired) electrons. The van der Waals surface area contributed by atoms with E-state index in [1.165, 1.54) is 7.05 Å². The molecule has 76 valence electrons. The molecule has 0 atom stereocenters. The van der Waals surface area contributed by atoms with Gasteiger partial charge in [0.05, 0.1) is 5.02 Å². The van der Waals surface area contributed by atoms with Gasteiger partial charge in [0, 0.05) is 17.2 Å². The first-order chi connectivity index (χ1) is 6.43. The Morgan fingerprint density at radius 2 is 2.14 bits per heavy atom. The smallest absolute Gasteiger partial charge is 0.411 e. The second-order valence-electron chi connectivity index (χ2n) is 2.90. The maximum absolute atomic E-state index is 10.7. The van der Waals surface area contributed by atoms with Gasteiger partial charge in [0.25, 0.3) is 0 Å². The summed E-state index contributed by atoms with van der Waals surface area (Å²) in [5, 5.41) is 9.27. The van der Waals surface area contributed by atoms with Crippen LogP contribution in [0, 0.1) is 6.92 Å². The van der Waals surface area contributed by atoms with Crippen LogP contribution in [0.4, 0.5) is 10.5 Å². The minimum absolute atomic E-state index is 0.508. The van der Waals surface area contributed by atoms with Crippen LogP contribution in [0.5, 0.6) is 0 Å². The van der Waals surface area contributed by atoms with Crippen molar-refractivity contribution in [3.63, 3.8) is 0 Å². The highest BCUT2D eigenvalue weighted by atomic mass is 79.9. The zero-order valence-electron chi connectivity index (χ0n) is 7.71. The second-order valence-corrected chi connectivity index (χ2v) is 4.10. The number of carboxylic acid groups (broad SMARTS) is 1. The molecule has 1 aromatic rings. The monoisotopic (exact) mass is 277 g/mol. The highest BCUT2D eigenvalue weighted by molar-refractivity contribution is 9.10. The SMILES string of the molecule is Cc1cc(N(C)C(=O)O)cc(Cl)c1Br. The summed E-state index contributed by atoms with van der Waals surface area (Å²) in [7, 11) is 1.47. The van der Waals surface area contributed by atoms with E-state index in [2.05, 4.69) is 15.9 Å². The molecule has 0 aliphatic heterocycles. The fourth-order valence-electron chi connectivity index (χ4n) is 1.01. The van der Waals surface area contributed by atoms with E-state index in [1.807, 2.05) is 6.92 Å². The maximum atomic E-state index is 10.7. The van der Waals surface area contributed by atoms with Gasteiger partial charge in [0.1, 0.15) is 0 Å². The quantitative estimate of drug-likeness (QED) is 0.854. The van der Waals surface area contributed by atoms with E-state index < -0.39 is 6.09 Å². The number of benzene rings is 1. The molecule has 1 N–H and O–H groups in total. The number of carbonyl (C=O) groups is 1. The topological polar surface area (TPSA) is 40.5 Å². The summed E-state index contributed by atoms with van der Waals surface area (Å²) >= 11 is 9.20. The molecule has 1 amide bonds. The molecule has 14 heavy (non-hydrogen) atoms. The minimum atomic E-state index is -1.01. The van der Waals surface area contributed by atoms with Crippen molar-refractivity contribution in [3.8, 4) is 0 Å². The van der Waals surface area contributed by atoms with Gasteiger partial charge < -0.3 is 5.11 Å². The van der Waals surface area contributed by atoms with Crippen molar-refractivity contribution in [1.29, 1.82) is 0 Å². The van der Waals surface area contributed by atoms with E-state index in [0.29, 0.717) is 10.7 Å². The molecule has 0 aliphatic carbocycles. The molecule has 5 heteroatoms. The third-order valence-electron chi connectivity index (χ3n) is 1.87. The molecule has 0 aromatic heterocycles. The Labute approximate surface area is 95.4 Å². The van der Waals surface area contributed by atoms with Crippen LogP contribution in [-0.2, 0) is 0 Å². The van der Waals surface area contributed by atoms with Gasteiger partial charge in [-0.2, -0.15) is 0 Å². The van der Waals surface area contributed by atoms with E-state index in [9.17, 15) is 4.79 Å². The molecular weight excluding hydrogens is 269 g/mol. The number of halogens is 2. The van der Waals surface area contributed by atoms with Gasteiger partial charge in [-0.1, -0.05) is 11.6 Å². The fraction of sp³-hybridized carbons (Fsp3) is 0.222. The van der Waals surface area contributed by atoms with Gasteiger partial charge in [-0.3, -0.25) is 4.90 Å². The zero-order chi connectivity index (χ0) is 10.9. The van der Waals surface area contributed by atoms with Gasteiger partial charge >= 0.3 is 6.09 Å². The van der Waals surface area contributed by atoms with Crippen molar-refractivity contribution in [2.24, 2.45) is 0 Å². The molecule has 0 bridgehead atoms. The first-order valence-corrected chi connectivity index (χ1v) is 5.03. The predicted molar refractivity (Wildman–Crippen MR) is 60.3 cm³/mol. The van der Waals surface area contributed by atoms with Gasteiger partial charge in [-0.25, -0.2) is 4.79 Å². The molecule has 1 rings (SSSR count). The third-order valence-corrected chi connectivity index (χ3v) is 3.45. The Hall–Kier alpha value is -0.740. The molecule has 0 spiro atoms. The highest BCUT2D eigenvalue weighted by Crippen LogP contribution is 2.30. The van der Waals surface area contributed by atoms with E-state index in [1.54, 1.807) is 12.1 Å². The average molecular weight is 279 g/mol. The van der Waals surface area contributed by atoms with Crippen LogP contribution >= 0.6 is 27.5 Å². The van der Waals surface area contributed by atoms with E-state index in [0.717, 1.165) is 14.9 Å². The Morgan fingerprint density at radius 3 is 2.57 bits per heavy atom. The van der Waals surface area contributed by atoms with Crippen molar-refractivity contribution in [1.82, 2.24) is 0 Å². The summed E-state index contributed by atoms with van der Waals surface area (Å²) in [6.45, 7) is 1.86. The minimum Gasteiger partial charge on any atom is -0.465 e. The van der Waals surface area contributed by atoms with Gasteiger partial charge in [-0.05, 0) is 40.5 Å². The summed E-state index contributed by atoms with van der Waals surface area (Å²) in [6.07, 6.45) is -1.01. The molecule has 0 aliphatic rings. The number of nitrogens with zero attached hydrogens (tertiary/aromatic N) is 1. The van der Waals surface area contributed by atoms with Crippen LogP contribution in [0.3, 0.4) is 0 Å². The van der Waals surface area contributed by atoms with Crippen LogP contribution in [0.25, 0.3) is 0 Å². The summed E-state index contributed by atoms with van der Waals surface area (Å²) < 4.78 is 0.793. The Balaban J connectivity index is 3.19. The number of hydrogen-bond donors (Lipinski definition) is 1. The lowest BCUT2D eigenvalue weighted by molar-refractivity contribution is 0.203. The molecule has 0 saturated heterocycles. The summed E-state index contributed by atoms with van der Waals surface area (Å²) in [5.74, 6) is 0. The van der Waals surface area contributed by atoms with E-state index in [4.69, 9.17) is 16.7 Å². The van der Waals surface area contributed by atoms with Crippen LogP contribution in [0.2, 0.25) is 5.02 Å². The second kappa shape index (κ2) is 4.19. The summed E-state index contributed by atoms with van der Waals surface area (Å²) in [4.78, 5) is 11.8. The van der Waals surface area contributed by atoms with E-state index >= 15 is 0 Å². The lowest BCUT2D eigenvalue weighted by atomic mass is 10.2. The molecule has 0 unspecified atom stereocenters. The van der Waals surface area contributed by atoms with Crippen LogP contribution in [0.1, 0.15) is 5.56 Å². The lowest BCUT2D eigenvalue weighted by Crippen LogP contribution is -2.23. The molecule has 0 heterocycles. The largest absolute Gasteiger partial charge is 0.465 e. The first kappa shape index (κ1) is 11.3. The molecule has 0 saturated carbocycles. The Kier molecular flexibility index (Phi) is 3.39. The van der Waals surface area contributed by atoms with Crippen LogP contribution in [0.15, 0.2) is 16.6 Å². The first-order valence-electron chi connectivity index (χ1n) is 3.85. The average Bonchev–Trinajstić information content (AvgIpc) is 2.12. The Morgan fingerprint density at radius 1 is 1.57 bits per heavy atom. The van der Waals surface area contributed by atoms with Gasteiger partial charge in [0.15, 0.2) is 0 Å². The third kappa shape index (κ3) is 2.19. The summed E-state index contributed by atoms with van der Waals surface area (Å²) in [5.41, 5.74) is 1.46. The predicted octanol–water partition coefficient (Wildman–Crippen LogP) is 3.53. The molecule has 3 nitrogen and oxygen atoms in total. The van der Waals surface area contributed by atoms with E-state index in [-0.39, 0.29) is 0 Å². The van der Waals surface area contributed by atoms with Crippen LogP contribution in [-0.4, -0.2) is 18.2 Å². The molecule has 0 fully saturated rings. The molecular formula is C9H9BrClNO2. The zero-order valence-corrected chi connectivity index (χ0v) is 10.1.